The van der Waals surface area contributed by atoms with Crippen molar-refractivity contribution in [2.24, 2.45) is 0 Å². The Morgan fingerprint density at radius 1 is 0.417 bits per heavy atom. The van der Waals surface area contributed by atoms with Crippen LogP contribution in [0.15, 0.2) is 0 Å². The maximum atomic E-state index is 3.84. The SMILES string of the molecule is [CH2-]CCCC.[CH2-]CCCC.[CH2-]CCCCCCCCCCC.[Li+].[Mg+2]. The molecule has 0 aromatic heterocycles. The maximum absolute atomic E-state index is 3.84. The Morgan fingerprint density at radius 3 is 0.875 bits per heavy atom. The fourth-order valence-corrected chi connectivity index (χ4v) is 1.99. The quantitative estimate of drug-likeness (QED) is 0.239. The smallest absolute Gasteiger partial charge is 0.343 e. The van der Waals surface area contributed by atoms with E-state index in [0.29, 0.717) is 0 Å². The molecule has 0 nitrogen and oxygen atoms in total. The van der Waals surface area contributed by atoms with Crippen LogP contribution in [-0.2, 0) is 0 Å². The molecule has 0 atom stereocenters. The number of hydrogen-bond donors (Lipinski definition) is 0. The zero-order valence-electron chi connectivity index (χ0n) is 18.1. The van der Waals surface area contributed by atoms with Gasteiger partial charge < -0.3 is 20.8 Å². The van der Waals surface area contributed by atoms with Gasteiger partial charge >= 0.3 is 41.9 Å². The zero-order chi connectivity index (χ0) is 17.3. The Balaban J connectivity index is -0.0000000847. The van der Waals surface area contributed by atoms with Crippen LogP contribution in [0.25, 0.3) is 0 Å². The molecule has 0 aromatic carbocycles. The van der Waals surface area contributed by atoms with E-state index in [-0.39, 0.29) is 41.9 Å². The third kappa shape index (κ3) is 56.6. The molecule has 0 spiro atoms. The zero-order valence-corrected chi connectivity index (χ0v) is 19.6. The fraction of sp³-hybridized carbons (Fsp3) is 0.864. The first-order chi connectivity index (χ1) is 10.7. The molecule has 0 aliphatic carbocycles. The van der Waals surface area contributed by atoms with Gasteiger partial charge in [-0.05, 0) is 0 Å². The Morgan fingerprint density at radius 2 is 0.667 bits per heavy atom. The van der Waals surface area contributed by atoms with Crippen LogP contribution in [0.4, 0.5) is 0 Å². The van der Waals surface area contributed by atoms with Crippen LogP contribution >= 0.6 is 0 Å². The fourth-order valence-electron chi connectivity index (χ4n) is 1.99. The molecule has 24 heavy (non-hydrogen) atoms. The summed E-state index contributed by atoms with van der Waals surface area (Å²) in [6.07, 6.45) is 21.2. The van der Waals surface area contributed by atoms with Crippen molar-refractivity contribution in [3.63, 3.8) is 0 Å². The predicted octanol–water partition coefficient (Wildman–Crippen LogP) is 5.39. The minimum Gasteiger partial charge on any atom is -0.343 e. The molecule has 0 N–H and O–H groups in total. The second-order valence-corrected chi connectivity index (χ2v) is 6.10. The average Bonchev–Trinajstić information content (AvgIpc) is 2.53. The normalized spacial score (nSPS) is 8.75. The molecule has 0 heterocycles. The third-order valence-corrected chi connectivity index (χ3v) is 3.56. The summed E-state index contributed by atoms with van der Waals surface area (Å²) < 4.78 is 0. The number of unbranched alkanes of at least 4 members (excludes halogenated alkanes) is 13. The van der Waals surface area contributed by atoms with Gasteiger partial charge in [0, 0.05) is 0 Å². The molecule has 138 valence electrons. The Labute approximate surface area is 185 Å². The van der Waals surface area contributed by atoms with Crippen molar-refractivity contribution < 1.29 is 18.9 Å². The molecule has 0 saturated heterocycles. The van der Waals surface area contributed by atoms with Gasteiger partial charge in [0.15, 0.2) is 0 Å². The molecule has 0 aliphatic rings. The van der Waals surface area contributed by atoms with Crippen molar-refractivity contribution in [2.45, 2.75) is 124 Å². The minimum atomic E-state index is 0. The summed E-state index contributed by atoms with van der Waals surface area (Å²) >= 11 is 0. The van der Waals surface area contributed by atoms with E-state index in [2.05, 4.69) is 41.5 Å². The van der Waals surface area contributed by atoms with Crippen LogP contribution in [0, 0.1) is 20.8 Å². The van der Waals surface area contributed by atoms with Crippen molar-refractivity contribution in [1.82, 2.24) is 0 Å². The van der Waals surface area contributed by atoms with Gasteiger partial charge in [0.25, 0.3) is 0 Å². The van der Waals surface area contributed by atoms with Crippen molar-refractivity contribution >= 4 is 23.1 Å². The molecule has 0 aliphatic heterocycles. The summed E-state index contributed by atoms with van der Waals surface area (Å²) in [7, 11) is 0. The molecule has 0 unspecified atom stereocenters. The number of rotatable bonds is 13. The Kier molecular flexibility index (Phi) is 66.7. The molecular weight excluding hydrogens is 295 g/mol. The van der Waals surface area contributed by atoms with Crippen LogP contribution in [-0.4, -0.2) is 23.1 Å². The van der Waals surface area contributed by atoms with Gasteiger partial charge in [0.05, 0.1) is 0 Å². The first-order valence-electron chi connectivity index (χ1n) is 10.1. The van der Waals surface area contributed by atoms with E-state index >= 15 is 0 Å². The molecule has 0 amide bonds. The van der Waals surface area contributed by atoms with Gasteiger partial charge in [0.1, 0.15) is 0 Å². The topological polar surface area (TPSA) is 0 Å². The van der Waals surface area contributed by atoms with Crippen molar-refractivity contribution in [3.8, 4) is 0 Å². The average molecular weight is 343 g/mol. The molecule has 0 radical (unpaired) electrons. The van der Waals surface area contributed by atoms with E-state index in [1.807, 2.05) is 0 Å². The van der Waals surface area contributed by atoms with Crippen LogP contribution < -0.4 is 18.9 Å². The first kappa shape index (κ1) is 36.3. The van der Waals surface area contributed by atoms with Gasteiger partial charge in [-0.25, -0.2) is 0 Å². The molecular formula is C22H47LiMg. The monoisotopic (exact) mass is 342 g/mol. The van der Waals surface area contributed by atoms with Crippen LogP contribution in [0.1, 0.15) is 124 Å². The van der Waals surface area contributed by atoms with Crippen molar-refractivity contribution in [2.75, 3.05) is 0 Å². The predicted molar refractivity (Wildman–Crippen MR) is 113 cm³/mol. The van der Waals surface area contributed by atoms with Crippen molar-refractivity contribution in [1.29, 1.82) is 0 Å². The summed E-state index contributed by atoms with van der Waals surface area (Å²) in [5.41, 5.74) is 0. The van der Waals surface area contributed by atoms with E-state index in [1.165, 1.54) is 83.5 Å². The molecule has 2 heteroatoms. The summed E-state index contributed by atoms with van der Waals surface area (Å²) in [5.74, 6) is 0. The molecule has 0 saturated carbocycles. The number of hydrogen-bond acceptors (Lipinski definition) is 0. The Bertz CT molecular complexity index is 120. The van der Waals surface area contributed by atoms with Gasteiger partial charge in [-0.2, -0.15) is 19.3 Å². The van der Waals surface area contributed by atoms with E-state index in [9.17, 15) is 0 Å². The molecule has 0 bridgehead atoms. The largest absolute Gasteiger partial charge is 2.00 e. The first-order valence-corrected chi connectivity index (χ1v) is 10.1. The molecule has 0 fully saturated rings. The van der Waals surface area contributed by atoms with Crippen LogP contribution in [0.5, 0.6) is 0 Å². The van der Waals surface area contributed by atoms with Crippen molar-refractivity contribution in [3.05, 3.63) is 20.8 Å². The minimum absolute atomic E-state index is 0. The molecule has 0 rings (SSSR count). The maximum Gasteiger partial charge on any atom is 2.00 e. The summed E-state index contributed by atoms with van der Waals surface area (Å²) in [6, 6.07) is 0. The Hall–Kier alpha value is 1.36. The second-order valence-electron chi connectivity index (χ2n) is 6.10. The molecule has 0 aromatic rings. The van der Waals surface area contributed by atoms with E-state index < -0.39 is 0 Å². The van der Waals surface area contributed by atoms with Gasteiger partial charge in [-0.3, -0.25) is 0 Å². The standard InChI is InChI=1S/C12H25.2C5H11.Li.Mg/c1-3-5-7-9-11-12-10-8-6-4-2;2*1-3-5-4-2;;/h1,3-12H2,2H3;2*1,3-5H2,2H3;;/q3*-1;+1;+2. The summed E-state index contributed by atoms with van der Waals surface area (Å²) in [5, 5.41) is 0. The summed E-state index contributed by atoms with van der Waals surface area (Å²) in [4.78, 5) is 0. The van der Waals surface area contributed by atoms with Gasteiger partial charge in [0.2, 0.25) is 0 Å². The second kappa shape index (κ2) is 44.1. The van der Waals surface area contributed by atoms with Crippen LogP contribution in [0.2, 0.25) is 0 Å². The summed E-state index contributed by atoms with van der Waals surface area (Å²) in [6.45, 7) is 17.8. The van der Waals surface area contributed by atoms with Gasteiger partial charge in [-0.1, -0.05) is 104 Å². The van der Waals surface area contributed by atoms with Gasteiger partial charge in [-0.15, -0.1) is 0 Å². The third-order valence-electron chi connectivity index (χ3n) is 3.56. The van der Waals surface area contributed by atoms with Crippen LogP contribution in [0.3, 0.4) is 0 Å². The van der Waals surface area contributed by atoms with E-state index in [0.717, 1.165) is 19.3 Å². The van der Waals surface area contributed by atoms with E-state index in [1.54, 1.807) is 0 Å². The van der Waals surface area contributed by atoms with E-state index in [4.69, 9.17) is 0 Å².